The van der Waals surface area contributed by atoms with E-state index in [1.807, 2.05) is 26.0 Å². The van der Waals surface area contributed by atoms with Crippen molar-refractivity contribution in [2.75, 3.05) is 20.2 Å². The van der Waals surface area contributed by atoms with E-state index in [2.05, 4.69) is 40.2 Å². The molecule has 4 aliphatic rings. The van der Waals surface area contributed by atoms with E-state index in [9.17, 15) is 14.4 Å². The molecular weight excluding hydrogens is 456 g/mol. The van der Waals surface area contributed by atoms with Crippen molar-refractivity contribution in [3.05, 3.63) is 47.5 Å². The summed E-state index contributed by atoms with van der Waals surface area (Å²) in [6.07, 6.45) is 9.21. The number of rotatable bonds is 5. The highest BCUT2D eigenvalue weighted by Crippen LogP contribution is 2.51. The second kappa shape index (κ2) is 11.6. The smallest absolute Gasteiger partial charge is 0.247 e. The number of carbonyl (C=O) groups is 3. The van der Waals surface area contributed by atoms with Crippen LogP contribution in [0.15, 0.2) is 36.4 Å². The molecule has 3 amide bonds. The van der Waals surface area contributed by atoms with Crippen LogP contribution in [0.4, 0.5) is 0 Å². The number of aryl methyl sites for hydroxylation is 1. The Morgan fingerprint density at radius 2 is 1.83 bits per heavy atom. The Labute approximate surface area is 214 Å². The molecule has 2 aliphatic carbocycles. The van der Waals surface area contributed by atoms with Crippen LogP contribution in [0.3, 0.4) is 0 Å². The van der Waals surface area contributed by atoms with Crippen molar-refractivity contribution >= 4 is 17.7 Å². The summed E-state index contributed by atoms with van der Waals surface area (Å²) in [7, 11) is 1.69. The van der Waals surface area contributed by atoms with E-state index in [1.54, 1.807) is 11.9 Å². The Balaban J connectivity index is 0.00000148. The number of hydrogen-bond donors (Lipinski definition) is 3. The molecule has 3 N–H and O–H groups in total. The fourth-order valence-electron chi connectivity index (χ4n) is 6.26. The van der Waals surface area contributed by atoms with Crippen LogP contribution in [-0.2, 0) is 25.5 Å². The molecule has 4 unspecified atom stereocenters. The number of nitrogens with zero attached hydrogens (tertiary/aromatic N) is 1. The maximum absolute atomic E-state index is 13.9. The third-order valence-electron chi connectivity index (χ3n) is 7.84. The Morgan fingerprint density at radius 3 is 2.58 bits per heavy atom. The summed E-state index contributed by atoms with van der Waals surface area (Å²) in [5.41, 5.74) is 2.09. The van der Waals surface area contributed by atoms with E-state index in [1.165, 1.54) is 11.1 Å². The standard InChI is InChI=1S/C26H34N4O4.C2H6/c1-27-16-21(31)28-20-11-14-34-22-15-26(12-4-5-13-26)23(30(22)25(20)33)24(32)29-19-10-6-8-17-7-2-3-9-18(17)19;1-2/h2-5,7,9,19-20,22-23,27H,6,8,10-16H2,1H3,(H,28,31)(H,29,32);1-2H3. The zero-order valence-corrected chi connectivity index (χ0v) is 21.7. The van der Waals surface area contributed by atoms with Crippen LogP contribution in [0.2, 0.25) is 0 Å². The van der Waals surface area contributed by atoms with Gasteiger partial charge in [-0.25, -0.2) is 0 Å². The first-order chi connectivity index (χ1) is 17.5. The Morgan fingerprint density at radius 1 is 1.08 bits per heavy atom. The summed E-state index contributed by atoms with van der Waals surface area (Å²) < 4.78 is 6.11. The summed E-state index contributed by atoms with van der Waals surface area (Å²) in [6, 6.07) is 6.90. The number of hydrogen-bond acceptors (Lipinski definition) is 5. The molecular formula is C28H40N4O4. The minimum atomic E-state index is -0.693. The zero-order valence-electron chi connectivity index (χ0n) is 21.7. The highest BCUT2D eigenvalue weighted by molar-refractivity contribution is 5.94. The molecule has 0 saturated carbocycles. The molecule has 1 aromatic rings. The van der Waals surface area contributed by atoms with E-state index in [0.29, 0.717) is 19.4 Å². The first-order valence-corrected chi connectivity index (χ1v) is 13.4. The molecule has 2 aliphatic heterocycles. The van der Waals surface area contributed by atoms with Crippen LogP contribution >= 0.6 is 0 Å². The van der Waals surface area contributed by atoms with Crippen LogP contribution in [0, 0.1) is 5.41 Å². The first kappa shape index (κ1) is 26.4. The van der Waals surface area contributed by atoms with Gasteiger partial charge >= 0.3 is 0 Å². The minimum Gasteiger partial charge on any atom is -0.358 e. The van der Waals surface area contributed by atoms with Gasteiger partial charge in [0.1, 0.15) is 18.3 Å². The van der Waals surface area contributed by atoms with Gasteiger partial charge in [0, 0.05) is 18.3 Å². The maximum Gasteiger partial charge on any atom is 0.247 e. The van der Waals surface area contributed by atoms with Gasteiger partial charge in [0.05, 0.1) is 19.2 Å². The highest BCUT2D eigenvalue weighted by atomic mass is 16.5. The molecule has 196 valence electrons. The monoisotopic (exact) mass is 496 g/mol. The van der Waals surface area contributed by atoms with Gasteiger partial charge < -0.3 is 25.6 Å². The molecule has 2 saturated heterocycles. The van der Waals surface area contributed by atoms with Crippen molar-refractivity contribution in [1.29, 1.82) is 0 Å². The fraction of sp³-hybridized carbons (Fsp3) is 0.607. The second-order valence-corrected chi connectivity index (χ2v) is 10.0. The van der Waals surface area contributed by atoms with Gasteiger partial charge in [-0.2, -0.15) is 0 Å². The average molecular weight is 497 g/mol. The van der Waals surface area contributed by atoms with Crippen LogP contribution in [0.25, 0.3) is 0 Å². The molecule has 2 fully saturated rings. The third kappa shape index (κ3) is 5.06. The predicted molar refractivity (Wildman–Crippen MR) is 138 cm³/mol. The molecule has 1 aromatic carbocycles. The van der Waals surface area contributed by atoms with E-state index < -0.39 is 18.3 Å². The first-order valence-electron chi connectivity index (χ1n) is 13.4. The Bertz CT molecular complexity index is 986. The second-order valence-electron chi connectivity index (χ2n) is 10.0. The quantitative estimate of drug-likeness (QED) is 0.544. The molecule has 1 spiro atoms. The van der Waals surface area contributed by atoms with E-state index >= 15 is 0 Å². The lowest BCUT2D eigenvalue weighted by atomic mass is 9.77. The van der Waals surface area contributed by atoms with Crippen molar-refractivity contribution in [1.82, 2.24) is 20.9 Å². The van der Waals surface area contributed by atoms with Gasteiger partial charge in [-0.3, -0.25) is 14.4 Å². The number of nitrogens with one attached hydrogen (secondary N) is 3. The minimum absolute atomic E-state index is 0.0583. The summed E-state index contributed by atoms with van der Waals surface area (Å²) in [5.74, 6) is -0.581. The van der Waals surface area contributed by atoms with Gasteiger partial charge in [0.15, 0.2) is 0 Å². The summed E-state index contributed by atoms with van der Waals surface area (Å²) in [6.45, 7) is 4.50. The summed E-state index contributed by atoms with van der Waals surface area (Å²) in [5, 5.41) is 8.95. The van der Waals surface area contributed by atoms with E-state index in [4.69, 9.17) is 4.74 Å². The van der Waals surface area contributed by atoms with E-state index in [0.717, 1.165) is 32.1 Å². The summed E-state index contributed by atoms with van der Waals surface area (Å²) in [4.78, 5) is 41.5. The van der Waals surface area contributed by atoms with Crippen molar-refractivity contribution < 1.29 is 19.1 Å². The van der Waals surface area contributed by atoms with Crippen LogP contribution in [0.5, 0.6) is 0 Å². The number of ether oxygens (including phenoxy) is 1. The van der Waals surface area contributed by atoms with Crippen LogP contribution in [-0.4, -0.2) is 61.1 Å². The van der Waals surface area contributed by atoms with Crippen LogP contribution < -0.4 is 16.0 Å². The average Bonchev–Trinajstić information content (AvgIpc) is 3.45. The zero-order chi connectivity index (χ0) is 25.7. The van der Waals surface area contributed by atoms with E-state index in [-0.39, 0.29) is 35.7 Å². The van der Waals surface area contributed by atoms with Crippen molar-refractivity contribution in [2.45, 2.75) is 83.1 Å². The lowest BCUT2D eigenvalue weighted by Crippen LogP contribution is -2.58. The number of likely N-dealkylation sites (N-methyl/N-ethyl adjacent to an activating group) is 1. The maximum atomic E-state index is 13.9. The Kier molecular flexibility index (Phi) is 8.46. The number of carbonyl (C=O) groups excluding carboxylic acids is 3. The largest absolute Gasteiger partial charge is 0.358 e. The lowest BCUT2D eigenvalue weighted by Gasteiger charge is -2.37. The number of fused-ring (bicyclic) bond motifs is 2. The summed E-state index contributed by atoms with van der Waals surface area (Å²) >= 11 is 0. The van der Waals surface area contributed by atoms with Gasteiger partial charge in [0.25, 0.3) is 0 Å². The van der Waals surface area contributed by atoms with Crippen molar-refractivity contribution in [3.63, 3.8) is 0 Å². The van der Waals surface area contributed by atoms with Crippen LogP contribution in [0.1, 0.15) is 69.5 Å². The third-order valence-corrected chi connectivity index (χ3v) is 7.84. The molecule has 8 heteroatoms. The lowest BCUT2D eigenvalue weighted by molar-refractivity contribution is -0.150. The molecule has 0 bridgehead atoms. The number of allylic oxidation sites excluding steroid dienone is 2. The van der Waals surface area contributed by atoms with Gasteiger partial charge in [-0.1, -0.05) is 50.3 Å². The fourth-order valence-corrected chi connectivity index (χ4v) is 6.26. The SMILES string of the molecule is CC.CNCC(=O)NC1CCOC2CC3(CC=CC3)C(C(=O)NC3CCCc4ccccc43)N2C1=O. The molecule has 8 nitrogen and oxygen atoms in total. The molecule has 0 aromatic heterocycles. The van der Waals surface area contributed by atoms with Crippen molar-refractivity contribution in [2.24, 2.45) is 5.41 Å². The van der Waals surface area contributed by atoms with Gasteiger partial charge in [0.2, 0.25) is 17.7 Å². The molecule has 4 atom stereocenters. The molecule has 5 rings (SSSR count). The normalized spacial score (nSPS) is 28.0. The topological polar surface area (TPSA) is 99.8 Å². The Hall–Kier alpha value is -2.71. The number of benzene rings is 1. The van der Waals surface area contributed by atoms with Gasteiger partial charge in [-0.05, 0) is 50.3 Å². The molecule has 2 heterocycles. The predicted octanol–water partition coefficient (Wildman–Crippen LogP) is 2.59. The van der Waals surface area contributed by atoms with Crippen molar-refractivity contribution in [3.8, 4) is 0 Å². The van der Waals surface area contributed by atoms with Gasteiger partial charge in [-0.15, -0.1) is 0 Å². The highest BCUT2D eigenvalue weighted by Gasteiger charge is 2.59. The number of amides is 3. The molecule has 36 heavy (non-hydrogen) atoms. The molecule has 0 radical (unpaired) electrons.